The normalized spacial score (nSPS) is 26.4. The summed E-state index contributed by atoms with van der Waals surface area (Å²) in [5.74, 6) is 1.48. The first-order chi connectivity index (χ1) is 8.71. The molecule has 0 amide bonds. The molecule has 106 valence electrons. The van der Waals surface area contributed by atoms with Crippen LogP contribution < -0.4 is 0 Å². The highest BCUT2D eigenvalue weighted by atomic mass is 16.5. The van der Waals surface area contributed by atoms with E-state index < -0.39 is 0 Å². The van der Waals surface area contributed by atoms with Gasteiger partial charge in [-0.1, -0.05) is 27.7 Å². The average Bonchev–Trinajstić information content (AvgIpc) is 2.25. The van der Waals surface area contributed by atoms with Crippen LogP contribution in [0.1, 0.15) is 40.5 Å². The number of hydrogen-bond donors (Lipinski definition) is 0. The van der Waals surface area contributed by atoms with Crippen LogP contribution in [0.25, 0.3) is 0 Å². The molecule has 0 saturated carbocycles. The molecule has 0 bridgehead atoms. The molecule has 2 aliphatic rings. The van der Waals surface area contributed by atoms with E-state index in [0.29, 0.717) is 12.3 Å². The summed E-state index contributed by atoms with van der Waals surface area (Å²) in [6.07, 6.45) is 3.50. The maximum atomic E-state index is 12.3. The second kappa shape index (κ2) is 4.78. The molecule has 1 heterocycles. The zero-order valence-electron chi connectivity index (χ0n) is 12.9. The monoisotopic (exact) mass is 263 g/mol. The highest BCUT2D eigenvalue weighted by Gasteiger charge is 2.38. The van der Waals surface area contributed by atoms with Crippen LogP contribution in [0.4, 0.5) is 0 Å². The largest absolute Gasteiger partial charge is 0.475 e. The van der Waals surface area contributed by atoms with Crippen LogP contribution in [0.3, 0.4) is 0 Å². The minimum absolute atomic E-state index is 0.00987. The Morgan fingerprint density at radius 1 is 1.32 bits per heavy atom. The maximum absolute atomic E-state index is 12.3. The zero-order valence-corrected chi connectivity index (χ0v) is 12.9. The van der Waals surface area contributed by atoms with E-state index in [1.807, 2.05) is 14.1 Å². The summed E-state index contributed by atoms with van der Waals surface area (Å²) in [4.78, 5) is 14.4. The first-order valence-electron chi connectivity index (χ1n) is 7.02. The van der Waals surface area contributed by atoms with Gasteiger partial charge >= 0.3 is 0 Å². The van der Waals surface area contributed by atoms with Gasteiger partial charge in [-0.2, -0.15) is 0 Å². The van der Waals surface area contributed by atoms with Crippen molar-refractivity contribution in [3.05, 3.63) is 23.0 Å². The Labute approximate surface area is 116 Å². The van der Waals surface area contributed by atoms with Gasteiger partial charge in [0.15, 0.2) is 12.0 Å². The van der Waals surface area contributed by atoms with Crippen molar-refractivity contribution >= 4 is 5.78 Å². The molecule has 0 saturated heterocycles. The molecule has 0 spiro atoms. The van der Waals surface area contributed by atoms with Crippen molar-refractivity contribution in [1.29, 1.82) is 0 Å². The van der Waals surface area contributed by atoms with Gasteiger partial charge in [-0.05, 0) is 37.1 Å². The van der Waals surface area contributed by atoms with Crippen LogP contribution in [0.15, 0.2) is 23.0 Å². The molecule has 0 aromatic heterocycles. The lowest BCUT2D eigenvalue weighted by Gasteiger charge is -2.39. The first kappa shape index (κ1) is 14.3. The Kier molecular flexibility index (Phi) is 3.61. The molecule has 0 radical (unpaired) electrons. The van der Waals surface area contributed by atoms with Crippen molar-refractivity contribution in [2.24, 2.45) is 11.3 Å². The number of ketones is 1. The van der Waals surface area contributed by atoms with Gasteiger partial charge in [-0.3, -0.25) is 9.69 Å². The molecule has 0 aromatic carbocycles. The third-order valence-electron chi connectivity index (χ3n) is 3.86. The van der Waals surface area contributed by atoms with Crippen LogP contribution in [0.2, 0.25) is 0 Å². The number of Topliss-reactive ketones (excluding diaryl/α,β-unsaturated/α-hetero) is 1. The molecule has 3 nitrogen and oxygen atoms in total. The van der Waals surface area contributed by atoms with E-state index in [0.717, 1.165) is 17.8 Å². The number of rotatable bonds is 2. The Balaban J connectivity index is 2.42. The summed E-state index contributed by atoms with van der Waals surface area (Å²) in [5, 5.41) is 0. The van der Waals surface area contributed by atoms with Gasteiger partial charge in [0, 0.05) is 12.8 Å². The number of ether oxygens (including phenoxy) is 1. The van der Waals surface area contributed by atoms with Crippen molar-refractivity contribution in [3.63, 3.8) is 0 Å². The lowest BCUT2D eigenvalue weighted by Crippen LogP contribution is -2.39. The number of carbonyl (C=O) groups excluding carboxylic acids is 1. The van der Waals surface area contributed by atoms with Crippen molar-refractivity contribution in [2.45, 2.75) is 46.8 Å². The predicted molar refractivity (Wildman–Crippen MR) is 76.5 cm³/mol. The molecule has 1 aliphatic carbocycles. The number of allylic oxidation sites excluding steroid dienone is 3. The van der Waals surface area contributed by atoms with Crippen LogP contribution >= 0.6 is 0 Å². The highest BCUT2D eigenvalue weighted by Crippen LogP contribution is 2.42. The summed E-state index contributed by atoms with van der Waals surface area (Å²) in [6.45, 7) is 8.55. The topological polar surface area (TPSA) is 29.5 Å². The Hall–Kier alpha value is -1.09. The minimum Gasteiger partial charge on any atom is -0.475 e. The molecule has 19 heavy (non-hydrogen) atoms. The van der Waals surface area contributed by atoms with Gasteiger partial charge in [0.25, 0.3) is 0 Å². The standard InChI is InChI=1S/C16H25NO2/c1-10(2)11-7-12-13(18)8-16(3,4)9-14(12)19-15(11)17(5)6/h7,10,15H,8-9H2,1-6H3. The van der Waals surface area contributed by atoms with E-state index in [1.165, 1.54) is 5.57 Å². The van der Waals surface area contributed by atoms with E-state index in [1.54, 1.807) is 0 Å². The molecule has 1 aliphatic heterocycles. The molecule has 0 aromatic rings. The fourth-order valence-corrected chi connectivity index (χ4v) is 2.84. The molecule has 0 N–H and O–H groups in total. The summed E-state index contributed by atoms with van der Waals surface area (Å²) in [6, 6.07) is 0. The molecule has 2 rings (SSSR count). The third kappa shape index (κ3) is 2.76. The molecule has 1 atom stereocenters. The molecule has 3 heteroatoms. The SMILES string of the molecule is CC(C)C1=CC2=C(CC(C)(C)CC2=O)OC1N(C)C. The van der Waals surface area contributed by atoms with Crippen LogP contribution in [0, 0.1) is 11.3 Å². The third-order valence-corrected chi connectivity index (χ3v) is 3.86. The average molecular weight is 263 g/mol. The van der Waals surface area contributed by atoms with Crippen molar-refractivity contribution in [1.82, 2.24) is 4.90 Å². The number of carbonyl (C=O) groups is 1. The summed E-state index contributed by atoms with van der Waals surface area (Å²) >= 11 is 0. The van der Waals surface area contributed by atoms with Crippen LogP contribution in [0.5, 0.6) is 0 Å². The fourth-order valence-electron chi connectivity index (χ4n) is 2.84. The van der Waals surface area contributed by atoms with E-state index in [9.17, 15) is 4.79 Å². The van der Waals surface area contributed by atoms with E-state index in [-0.39, 0.29) is 17.4 Å². The first-order valence-corrected chi connectivity index (χ1v) is 7.02. The Morgan fingerprint density at radius 3 is 2.47 bits per heavy atom. The van der Waals surface area contributed by atoms with E-state index >= 15 is 0 Å². The van der Waals surface area contributed by atoms with Gasteiger partial charge in [-0.15, -0.1) is 0 Å². The zero-order chi connectivity index (χ0) is 14.4. The lowest BCUT2D eigenvalue weighted by atomic mass is 9.75. The second-order valence-electron chi connectivity index (χ2n) is 7.01. The van der Waals surface area contributed by atoms with Crippen LogP contribution in [-0.4, -0.2) is 31.0 Å². The summed E-state index contributed by atoms with van der Waals surface area (Å²) < 4.78 is 6.15. The highest BCUT2D eigenvalue weighted by molar-refractivity contribution is 6.00. The minimum atomic E-state index is -0.0413. The van der Waals surface area contributed by atoms with Gasteiger partial charge in [0.2, 0.25) is 0 Å². The molecular weight excluding hydrogens is 238 g/mol. The predicted octanol–water partition coefficient (Wildman–Crippen LogP) is 3.13. The van der Waals surface area contributed by atoms with Crippen molar-refractivity contribution in [3.8, 4) is 0 Å². The Morgan fingerprint density at radius 2 is 1.95 bits per heavy atom. The number of hydrogen-bond acceptors (Lipinski definition) is 3. The molecule has 1 unspecified atom stereocenters. The van der Waals surface area contributed by atoms with Gasteiger partial charge in [0.05, 0.1) is 5.57 Å². The number of likely N-dealkylation sites (N-methyl/N-ethyl adjacent to an activating group) is 1. The Bertz CT molecular complexity index is 455. The lowest BCUT2D eigenvalue weighted by molar-refractivity contribution is -0.119. The molecular formula is C16H25NO2. The van der Waals surface area contributed by atoms with Gasteiger partial charge < -0.3 is 4.74 Å². The van der Waals surface area contributed by atoms with Crippen molar-refractivity contribution < 1.29 is 9.53 Å². The van der Waals surface area contributed by atoms with Gasteiger partial charge in [0.1, 0.15) is 5.76 Å². The summed E-state index contributed by atoms with van der Waals surface area (Å²) in [5.41, 5.74) is 2.01. The van der Waals surface area contributed by atoms with Crippen LogP contribution in [-0.2, 0) is 9.53 Å². The van der Waals surface area contributed by atoms with E-state index in [2.05, 4.69) is 38.7 Å². The van der Waals surface area contributed by atoms with E-state index in [4.69, 9.17) is 4.74 Å². The smallest absolute Gasteiger partial charge is 0.174 e. The summed E-state index contributed by atoms with van der Waals surface area (Å²) in [7, 11) is 4.03. The number of nitrogens with zero attached hydrogens (tertiary/aromatic N) is 1. The van der Waals surface area contributed by atoms with Crippen molar-refractivity contribution in [2.75, 3.05) is 14.1 Å². The van der Waals surface area contributed by atoms with Gasteiger partial charge in [-0.25, -0.2) is 0 Å². The quantitative estimate of drug-likeness (QED) is 0.766. The molecule has 0 fully saturated rings. The fraction of sp³-hybridized carbons (Fsp3) is 0.688. The maximum Gasteiger partial charge on any atom is 0.174 e. The second-order valence-corrected chi connectivity index (χ2v) is 7.01.